The van der Waals surface area contributed by atoms with Crippen LogP contribution in [0.4, 0.5) is 10.5 Å². The SMILES string of the molecule is O=C(NC(=O)c1c(Cl)cccc1Cl)Nc1ccc(=CO)c(=CO)c1. The van der Waals surface area contributed by atoms with E-state index in [1.807, 2.05) is 0 Å². The number of anilines is 1. The first-order valence-electron chi connectivity index (χ1n) is 6.61. The van der Waals surface area contributed by atoms with Crippen molar-refractivity contribution in [3.05, 3.63) is 62.4 Å². The third-order valence-corrected chi connectivity index (χ3v) is 3.67. The number of imide groups is 1. The Morgan fingerprint density at radius 2 is 1.58 bits per heavy atom. The van der Waals surface area contributed by atoms with Gasteiger partial charge in [0.15, 0.2) is 0 Å². The van der Waals surface area contributed by atoms with Gasteiger partial charge in [-0.15, -0.1) is 0 Å². The molecule has 8 heteroatoms. The topological polar surface area (TPSA) is 98.7 Å². The first kappa shape index (κ1) is 17.7. The summed E-state index contributed by atoms with van der Waals surface area (Å²) in [6.45, 7) is 0. The maximum atomic E-state index is 12.1. The van der Waals surface area contributed by atoms with E-state index in [9.17, 15) is 9.59 Å². The van der Waals surface area contributed by atoms with Gasteiger partial charge in [0.2, 0.25) is 0 Å². The number of hydrogen-bond acceptors (Lipinski definition) is 4. The highest BCUT2D eigenvalue weighted by molar-refractivity contribution is 6.40. The zero-order chi connectivity index (χ0) is 17.7. The smallest absolute Gasteiger partial charge is 0.326 e. The summed E-state index contributed by atoms with van der Waals surface area (Å²) in [5, 5.41) is 23.5. The van der Waals surface area contributed by atoms with Crippen LogP contribution in [0.25, 0.3) is 12.5 Å². The Bertz CT molecular complexity index is 893. The number of nitrogens with one attached hydrogen (secondary N) is 2. The fourth-order valence-corrected chi connectivity index (χ4v) is 2.49. The zero-order valence-corrected chi connectivity index (χ0v) is 13.6. The molecular formula is C16H12Cl2N2O4. The number of aliphatic hydroxyl groups is 2. The van der Waals surface area contributed by atoms with Crippen molar-refractivity contribution in [2.75, 3.05) is 5.32 Å². The third-order valence-electron chi connectivity index (χ3n) is 3.04. The van der Waals surface area contributed by atoms with E-state index in [0.29, 0.717) is 10.9 Å². The Kier molecular flexibility index (Phi) is 5.68. The number of carbonyl (C=O) groups excluding carboxylic acids is 2. The van der Waals surface area contributed by atoms with E-state index in [1.54, 1.807) is 6.07 Å². The molecule has 0 aromatic heterocycles. The van der Waals surface area contributed by atoms with E-state index < -0.39 is 11.9 Å². The summed E-state index contributed by atoms with van der Waals surface area (Å²) in [5.74, 6) is -0.752. The van der Waals surface area contributed by atoms with Gasteiger partial charge in [0.25, 0.3) is 5.91 Å². The molecule has 2 aromatic rings. The molecule has 3 amide bonds. The molecule has 0 atom stereocenters. The van der Waals surface area contributed by atoms with Gasteiger partial charge in [-0.1, -0.05) is 29.3 Å². The van der Waals surface area contributed by atoms with Gasteiger partial charge in [0.1, 0.15) is 0 Å². The third kappa shape index (κ3) is 3.98. The quantitative estimate of drug-likeness (QED) is 0.656. The van der Waals surface area contributed by atoms with Crippen LogP contribution in [0.15, 0.2) is 36.4 Å². The number of aliphatic hydroxyl groups excluding tert-OH is 2. The van der Waals surface area contributed by atoms with Gasteiger partial charge in [-0.3, -0.25) is 10.1 Å². The highest BCUT2D eigenvalue weighted by Crippen LogP contribution is 2.23. The van der Waals surface area contributed by atoms with Crippen molar-refractivity contribution in [2.24, 2.45) is 0 Å². The maximum Gasteiger partial charge on any atom is 0.326 e. The number of halogens is 2. The van der Waals surface area contributed by atoms with Crippen LogP contribution in [0.3, 0.4) is 0 Å². The number of benzene rings is 2. The Labute approximate surface area is 146 Å². The van der Waals surface area contributed by atoms with Crippen molar-refractivity contribution in [3.8, 4) is 0 Å². The molecule has 2 rings (SSSR count). The van der Waals surface area contributed by atoms with E-state index in [0.717, 1.165) is 12.5 Å². The van der Waals surface area contributed by atoms with E-state index in [1.165, 1.54) is 30.3 Å². The van der Waals surface area contributed by atoms with Gasteiger partial charge in [-0.05, 0) is 30.3 Å². The lowest BCUT2D eigenvalue weighted by atomic mass is 10.2. The van der Waals surface area contributed by atoms with Gasteiger partial charge >= 0.3 is 6.03 Å². The fourth-order valence-electron chi connectivity index (χ4n) is 1.92. The largest absolute Gasteiger partial charge is 0.515 e. The second-order valence-corrected chi connectivity index (χ2v) is 5.42. The highest BCUT2D eigenvalue weighted by atomic mass is 35.5. The standard InChI is InChI=1S/C16H12Cl2N2O4/c17-12-2-1-3-13(18)14(12)15(23)20-16(24)19-11-5-4-9(7-21)10(6-11)8-22/h1-8,21-22H,(H2,19,20,23,24). The second kappa shape index (κ2) is 7.72. The molecule has 0 aliphatic heterocycles. The molecule has 124 valence electrons. The summed E-state index contributed by atoms with van der Waals surface area (Å²) >= 11 is 11.8. The molecule has 0 saturated heterocycles. The lowest BCUT2D eigenvalue weighted by molar-refractivity contribution is 0.0967. The van der Waals surface area contributed by atoms with Gasteiger partial charge < -0.3 is 15.5 Å². The molecule has 0 aliphatic carbocycles. The van der Waals surface area contributed by atoms with Crippen LogP contribution in [-0.4, -0.2) is 22.2 Å². The van der Waals surface area contributed by atoms with Crippen LogP contribution in [0, 0.1) is 0 Å². The van der Waals surface area contributed by atoms with Crippen molar-refractivity contribution >= 4 is 53.4 Å². The van der Waals surface area contributed by atoms with Crippen LogP contribution in [0.2, 0.25) is 10.0 Å². The summed E-state index contributed by atoms with van der Waals surface area (Å²) < 4.78 is 0. The molecule has 6 nitrogen and oxygen atoms in total. The minimum absolute atomic E-state index is 0.00871. The summed E-state index contributed by atoms with van der Waals surface area (Å²) in [7, 11) is 0. The monoisotopic (exact) mass is 366 g/mol. The Balaban J connectivity index is 2.16. The lowest BCUT2D eigenvalue weighted by Gasteiger charge is -2.09. The molecule has 2 aromatic carbocycles. The Morgan fingerprint density at radius 3 is 2.17 bits per heavy atom. The summed E-state index contributed by atoms with van der Waals surface area (Å²) in [4.78, 5) is 24.0. The van der Waals surface area contributed by atoms with Crippen LogP contribution < -0.4 is 21.1 Å². The maximum absolute atomic E-state index is 12.1. The average Bonchev–Trinajstić information content (AvgIpc) is 2.54. The predicted molar refractivity (Wildman–Crippen MR) is 92.8 cm³/mol. The first-order valence-corrected chi connectivity index (χ1v) is 7.37. The van der Waals surface area contributed by atoms with Crippen molar-refractivity contribution < 1.29 is 19.8 Å². The summed E-state index contributed by atoms with van der Waals surface area (Å²) in [6.07, 6.45) is 1.59. The molecule has 0 unspecified atom stereocenters. The molecule has 0 bridgehead atoms. The van der Waals surface area contributed by atoms with E-state index in [4.69, 9.17) is 33.4 Å². The molecule has 0 radical (unpaired) electrons. The van der Waals surface area contributed by atoms with Gasteiger partial charge in [0.05, 0.1) is 28.1 Å². The molecule has 4 N–H and O–H groups in total. The molecule has 0 heterocycles. The minimum Gasteiger partial charge on any atom is -0.515 e. The number of rotatable bonds is 2. The first-order chi connectivity index (χ1) is 11.5. The zero-order valence-electron chi connectivity index (χ0n) is 12.1. The van der Waals surface area contributed by atoms with Gasteiger partial charge in [-0.2, -0.15) is 0 Å². The van der Waals surface area contributed by atoms with Crippen molar-refractivity contribution in [1.82, 2.24) is 5.32 Å². The summed E-state index contributed by atoms with van der Waals surface area (Å²) in [6, 6.07) is 8.11. The number of carbonyl (C=O) groups is 2. The van der Waals surface area contributed by atoms with Gasteiger partial charge in [0, 0.05) is 16.1 Å². The second-order valence-electron chi connectivity index (χ2n) is 4.61. The molecule has 0 aliphatic rings. The Morgan fingerprint density at radius 1 is 0.958 bits per heavy atom. The van der Waals surface area contributed by atoms with Crippen molar-refractivity contribution in [3.63, 3.8) is 0 Å². The van der Waals surface area contributed by atoms with Crippen LogP contribution in [0.5, 0.6) is 0 Å². The van der Waals surface area contributed by atoms with Gasteiger partial charge in [-0.25, -0.2) is 4.79 Å². The van der Waals surface area contributed by atoms with Crippen molar-refractivity contribution in [1.29, 1.82) is 0 Å². The van der Waals surface area contributed by atoms with Crippen LogP contribution >= 0.6 is 23.2 Å². The molecule has 0 spiro atoms. The lowest BCUT2D eigenvalue weighted by Crippen LogP contribution is -2.35. The summed E-state index contributed by atoms with van der Waals surface area (Å²) in [5.41, 5.74) is 0.294. The number of hydrogen-bond donors (Lipinski definition) is 4. The van der Waals surface area contributed by atoms with Crippen LogP contribution in [-0.2, 0) is 0 Å². The number of urea groups is 1. The average molecular weight is 367 g/mol. The molecule has 0 saturated carbocycles. The van der Waals surface area contributed by atoms with E-state index >= 15 is 0 Å². The van der Waals surface area contributed by atoms with Crippen LogP contribution in [0.1, 0.15) is 10.4 Å². The predicted octanol–water partition coefficient (Wildman–Crippen LogP) is 2.55. The Hall–Kier alpha value is -2.70. The molecule has 24 heavy (non-hydrogen) atoms. The molecule has 0 fully saturated rings. The minimum atomic E-state index is -0.805. The van der Waals surface area contributed by atoms with E-state index in [2.05, 4.69) is 10.6 Å². The van der Waals surface area contributed by atoms with Crippen molar-refractivity contribution in [2.45, 2.75) is 0 Å². The van der Waals surface area contributed by atoms with E-state index in [-0.39, 0.29) is 20.8 Å². The molecular weight excluding hydrogens is 355 g/mol. The highest BCUT2D eigenvalue weighted by Gasteiger charge is 2.17. The number of amides is 3. The normalized spacial score (nSPS) is 12.1. The fraction of sp³-hybridized carbons (Fsp3) is 0.